The second-order valence-corrected chi connectivity index (χ2v) is 7.53. The molecule has 1 aliphatic carbocycles. The Morgan fingerprint density at radius 2 is 1.00 bits per heavy atom. The summed E-state index contributed by atoms with van der Waals surface area (Å²) in [5.41, 5.74) is 13.0. The molecule has 0 fully saturated rings. The number of hydrogen-bond acceptors (Lipinski definition) is 4. The standard InChI is InChI=1S/C27H22N4/c28-27-30-25(23-15-11-21(12-16-23)19-7-3-1-4-8-19)29-26(31-27)24-17-13-22(14-18-24)20-9-5-2-6-10-20/h1-13,15-17H,14,18H2,(H2,28,29,30,31). The van der Waals surface area contributed by atoms with E-state index in [2.05, 4.69) is 70.7 Å². The summed E-state index contributed by atoms with van der Waals surface area (Å²) in [5, 5.41) is 0. The molecule has 0 radical (unpaired) electrons. The van der Waals surface area contributed by atoms with Crippen LogP contribution >= 0.6 is 0 Å². The lowest BCUT2D eigenvalue weighted by Crippen LogP contribution is -2.06. The lowest BCUT2D eigenvalue weighted by Gasteiger charge is -2.15. The Bertz CT molecular complexity index is 1260. The van der Waals surface area contributed by atoms with Gasteiger partial charge in [0, 0.05) is 5.56 Å². The summed E-state index contributed by atoms with van der Waals surface area (Å²) in [4.78, 5) is 13.5. The monoisotopic (exact) mass is 402 g/mol. The molecule has 0 atom stereocenters. The highest BCUT2D eigenvalue weighted by Crippen LogP contribution is 2.31. The quantitative estimate of drug-likeness (QED) is 0.451. The van der Waals surface area contributed by atoms with Gasteiger partial charge in [-0.05, 0) is 40.7 Å². The van der Waals surface area contributed by atoms with Crippen LogP contribution in [0.4, 0.5) is 5.95 Å². The van der Waals surface area contributed by atoms with Crippen LogP contribution in [0.25, 0.3) is 33.7 Å². The van der Waals surface area contributed by atoms with E-state index in [1.807, 2.05) is 36.4 Å². The summed E-state index contributed by atoms with van der Waals surface area (Å²) in [6, 6.07) is 29.0. The van der Waals surface area contributed by atoms with Crippen LogP contribution in [0.5, 0.6) is 0 Å². The maximum atomic E-state index is 6.04. The van der Waals surface area contributed by atoms with Crippen LogP contribution in [0, 0.1) is 0 Å². The number of nitrogens with two attached hydrogens (primary N) is 1. The predicted molar refractivity (Wildman–Crippen MR) is 127 cm³/mol. The van der Waals surface area contributed by atoms with Crippen molar-refractivity contribution >= 4 is 17.1 Å². The van der Waals surface area contributed by atoms with E-state index in [1.54, 1.807) is 0 Å². The molecule has 4 aromatic rings. The van der Waals surface area contributed by atoms with Crippen molar-refractivity contribution in [2.24, 2.45) is 0 Å². The van der Waals surface area contributed by atoms with E-state index in [0.717, 1.165) is 29.5 Å². The SMILES string of the molecule is Nc1nc(C2=CC=C(c3ccccc3)CC2)nc(-c2ccc(-c3ccccc3)cc2)n1. The van der Waals surface area contributed by atoms with Gasteiger partial charge in [-0.3, -0.25) is 0 Å². The van der Waals surface area contributed by atoms with Crippen LogP contribution in [0.1, 0.15) is 24.2 Å². The van der Waals surface area contributed by atoms with Gasteiger partial charge in [-0.25, -0.2) is 4.98 Å². The van der Waals surface area contributed by atoms with Crippen LogP contribution in [0.2, 0.25) is 0 Å². The minimum atomic E-state index is 0.242. The molecule has 0 bridgehead atoms. The number of anilines is 1. The molecule has 0 spiro atoms. The zero-order valence-electron chi connectivity index (χ0n) is 17.1. The smallest absolute Gasteiger partial charge is 0.224 e. The maximum Gasteiger partial charge on any atom is 0.224 e. The third kappa shape index (κ3) is 4.14. The summed E-state index contributed by atoms with van der Waals surface area (Å²) < 4.78 is 0. The van der Waals surface area contributed by atoms with Crippen molar-refractivity contribution in [2.75, 3.05) is 5.73 Å². The van der Waals surface area contributed by atoms with E-state index in [4.69, 9.17) is 10.7 Å². The Hall–Kier alpha value is -4.05. The van der Waals surface area contributed by atoms with Gasteiger partial charge in [-0.15, -0.1) is 0 Å². The summed E-state index contributed by atoms with van der Waals surface area (Å²) >= 11 is 0. The van der Waals surface area contributed by atoms with Gasteiger partial charge in [-0.1, -0.05) is 97.1 Å². The number of allylic oxidation sites excluding steroid dienone is 4. The number of nitrogen functional groups attached to an aromatic ring is 1. The van der Waals surface area contributed by atoms with Crippen LogP contribution < -0.4 is 5.73 Å². The summed E-state index contributed by atoms with van der Waals surface area (Å²) in [7, 11) is 0. The van der Waals surface area contributed by atoms with Crippen molar-refractivity contribution in [1.82, 2.24) is 15.0 Å². The Balaban J connectivity index is 1.44. The summed E-state index contributed by atoms with van der Waals surface area (Å²) in [5.74, 6) is 1.49. The van der Waals surface area contributed by atoms with Gasteiger partial charge in [0.05, 0.1) is 0 Å². The summed E-state index contributed by atoms with van der Waals surface area (Å²) in [6.45, 7) is 0. The van der Waals surface area contributed by atoms with E-state index in [0.29, 0.717) is 11.6 Å². The first-order valence-electron chi connectivity index (χ1n) is 10.4. The molecular formula is C27H22N4. The first-order chi connectivity index (χ1) is 15.3. The molecule has 0 amide bonds. The molecule has 0 aliphatic heterocycles. The number of hydrogen-bond donors (Lipinski definition) is 1. The minimum absolute atomic E-state index is 0.242. The van der Waals surface area contributed by atoms with Crippen molar-refractivity contribution in [1.29, 1.82) is 0 Å². The van der Waals surface area contributed by atoms with E-state index in [1.165, 1.54) is 16.7 Å². The predicted octanol–water partition coefficient (Wildman–Crippen LogP) is 6.05. The van der Waals surface area contributed by atoms with Gasteiger partial charge >= 0.3 is 0 Å². The lowest BCUT2D eigenvalue weighted by molar-refractivity contribution is 0.988. The normalized spacial score (nSPS) is 13.4. The van der Waals surface area contributed by atoms with Crippen LogP contribution in [0.15, 0.2) is 97.1 Å². The topological polar surface area (TPSA) is 64.7 Å². The molecule has 0 unspecified atom stereocenters. The third-order valence-electron chi connectivity index (χ3n) is 5.48. The molecular weight excluding hydrogens is 380 g/mol. The van der Waals surface area contributed by atoms with Gasteiger partial charge in [0.1, 0.15) is 0 Å². The number of rotatable bonds is 4. The molecule has 1 heterocycles. The van der Waals surface area contributed by atoms with Crippen molar-refractivity contribution in [3.05, 3.63) is 108 Å². The van der Waals surface area contributed by atoms with Gasteiger partial charge in [0.25, 0.3) is 0 Å². The van der Waals surface area contributed by atoms with Crippen molar-refractivity contribution in [3.63, 3.8) is 0 Å². The van der Waals surface area contributed by atoms with Gasteiger partial charge in [-0.2, -0.15) is 9.97 Å². The number of nitrogens with zero attached hydrogens (tertiary/aromatic N) is 3. The zero-order chi connectivity index (χ0) is 21.0. The molecule has 3 aromatic carbocycles. The van der Waals surface area contributed by atoms with Gasteiger partial charge in [0.2, 0.25) is 5.95 Å². The van der Waals surface area contributed by atoms with E-state index >= 15 is 0 Å². The molecule has 1 aromatic heterocycles. The molecule has 4 nitrogen and oxygen atoms in total. The van der Waals surface area contributed by atoms with E-state index in [9.17, 15) is 0 Å². The van der Waals surface area contributed by atoms with E-state index in [-0.39, 0.29) is 5.95 Å². The molecule has 150 valence electrons. The maximum absolute atomic E-state index is 6.04. The lowest BCUT2D eigenvalue weighted by atomic mass is 9.93. The molecule has 1 aliphatic rings. The van der Waals surface area contributed by atoms with Crippen molar-refractivity contribution in [3.8, 4) is 22.5 Å². The Morgan fingerprint density at radius 1 is 0.484 bits per heavy atom. The first kappa shape index (κ1) is 18.9. The number of benzene rings is 3. The van der Waals surface area contributed by atoms with Crippen LogP contribution in [-0.2, 0) is 0 Å². The minimum Gasteiger partial charge on any atom is -0.368 e. The highest BCUT2D eigenvalue weighted by Gasteiger charge is 2.15. The number of aromatic nitrogens is 3. The molecule has 0 saturated carbocycles. The van der Waals surface area contributed by atoms with Gasteiger partial charge in [0.15, 0.2) is 11.6 Å². The highest BCUT2D eigenvalue weighted by atomic mass is 15.1. The fraction of sp³-hybridized carbons (Fsp3) is 0.0741. The van der Waals surface area contributed by atoms with Crippen molar-refractivity contribution < 1.29 is 0 Å². The molecule has 2 N–H and O–H groups in total. The summed E-state index contributed by atoms with van der Waals surface area (Å²) in [6.07, 6.45) is 6.07. The fourth-order valence-electron chi connectivity index (χ4n) is 3.82. The largest absolute Gasteiger partial charge is 0.368 e. The Kier molecular flexibility index (Phi) is 5.11. The molecule has 5 rings (SSSR count). The Morgan fingerprint density at radius 3 is 1.65 bits per heavy atom. The van der Waals surface area contributed by atoms with E-state index < -0.39 is 0 Å². The zero-order valence-corrected chi connectivity index (χ0v) is 17.1. The van der Waals surface area contributed by atoms with Crippen molar-refractivity contribution in [2.45, 2.75) is 12.8 Å². The first-order valence-corrected chi connectivity index (χ1v) is 10.4. The third-order valence-corrected chi connectivity index (χ3v) is 5.48. The van der Waals surface area contributed by atoms with Crippen LogP contribution in [0.3, 0.4) is 0 Å². The molecule has 4 heteroatoms. The van der Waals surface area contributed by atoms with Gasteiger partial charge < -0.3 is 5.73 Å². The second kappa shape index (κ2) is 8.36. The Labute approximate surface area is 181 Å². The average Bonchev–Trinajstić information content (AvgIpc) is 2.85. The highest BCUT2D eigenvalue weighted by molar-refractivity contribution is 5.77. The molecule has 31 heavy (non-hydrogen) atoms. The van der Waals surface area contributed by atoms with Crippen LogP contribution in [-0.4, -0.2) is 15.0 Å². The molecule has 0 saturated heterocycles. The fourth-order valence-corrected chi connectivity index (χ4v) is 3.82. The second-order valence-electron chi connectivity index (χ2n) is 7.53. The average molecular weight is 403 g/mol.